The van der Waals surface area contributed by atoms with E-state index in [1.807, 2.05) is 4.90 Å². The summed E-state index contributed by atoms with van der Waals surface area (Å²) in [6.07, 6.45) is 1.03. The van der Waals surface area contributed by atoms with E-state index >= 15 is 0 Å². The number of benzene rings is 1. The van der Waals surface area contributed by atoms with Crippen molar-refractivity contribution in [3.63, 3.8) is 0 Å². The van der Waals surface area contributed by atoms with Gasteiger partial charge >= 0.3 is 0 Å². The predicted octanol–water partition coefficient (Wildman–Crippen LogP) is 3.19. The maximum atomic E-state index is 12.6. The minimum atomic E-state index is 0.0144. The van der Waals surface area contributed by atoms with Gasteiger partial charge in [0.25, 0.3) is 5.91 Å². The zero-order valence-electron chi connectivity index (χ0n) is 12.0. The van der Waals surface area contributed by atoms with E-state index in [2.05, 4.69) is 31.4 Å². The third-order valence-electron chi connectivity index (χ3n) is 3.96. The fraction of sp³-hybridized carbons (Fsp3) is 0.533. The molecule has 3 nitrogen and oxygen atoms in total. The molecule has 0 aliphatic carbocycles. The molecule has 1 atom stereocenters. The summed E-state index contributed by atoms with van der Waals surface area (Å²) in [6, 6.07) is 5.74. The number of hydrogen-bond acceptors (Lipinski definition) is 3. The van der Waals surface area contributed by atoms with Crippen molar-refractivity contribution >= 4 is 30.1 Å². The smallest absolute Gasteiger partial charge is 0.255 e. The second kappa shape index (κ2) is 6.83. The summed E-state index contributed by atoms with van der Waals surface area (Å²) in [6.45, 7) is 7.96. The molecule has 1 aliphatic rings. The van der Waals surface area contributed by atoms with E-state index in [0.29, 0.717) is 16.6 Å². The number of rotatable bonds is 4. The molecule has 0 spiro atoms. The molecule has 110 valence electrons. The van der Waals surface area contributed by atoms with Crippen molar-refractivity contribution < 1.29 is 4.79 Å². The minimum Gasteiger partial charge on any atom is -0.337 e. The molecule has 5 heteroatoms. The Morgan fingerprint density at radius 2 is 2.15 bits per heavy atom. The highest BCUT2D eigenvalue weighted by molar-refractivity contribution is 7.80. The van der Waals surface area contributed by atoms with Crippen molar-refractivity contribution in [3.8, 4) is 0 Å². The van der Waals surface area contributed by atoms with Crippen molar-refractivity contribution in [2.45, 2.75) is 31.2 Å². The van der Waals surface area contributed by atoms with Gasteiger partial charge in [0, 0.05) is 24.0 Å². The molecule has 1 amide bonds. The molecule has 20 heavy (non-hydrogen) atoms. The first-order valence-electron chi connectivity index (χ1n) is 7.08. The molecule has 0 N–H and O–H groups in total. The van der Waals surface area contributed by atoms with Crippen LogP contribution in [0.3, 0.4) is 0 Å². The van der Waals surface area contributed by atoms with E-state index in [0.717, 1.165) is 37.5 Å². The number of amides is 1. The molecule has 1 saturated heterocycles. The Balaban J connectivity index is 2.10. The van der Waals surface area contributed by atoms with Gasteiger partial charge in [-0.2, -0.15) is 0 Å². The second-order valence-corrected chi connectivity index (χ2v) is 6.00. The van der Waals surface area contributed by atoms with Crippen molar-refractivity contribution in [2.24, 2.45) is 0 Å². The summed E-state index contributed by atoms with van der Waals surface area (Å²) in [5.74, 6) is 0.0144. The summed E-state index contributed by atoms with van der Waals surface area (Å²) in [7, 11) is 0. The third-order valence-corrected chi connectivity index (χ3v) is 4.57. The molecule has 0 saturated carbocycles. The first-order valence-corrected chi connectivity index (χ1v) is 7.91. The van der Waals surface area contributed by atoms with Gasteiger partial charge in [0.2, 0.25) is 0 Å². The fourth-order valence-electron chi connectivity index (χ4n) is 2.81. The first-order chi connectivity index (χ1) is 9.56. The summed E-state index contributed by atoms with van der Waals surface area (Å²) in [5.41, 5.74) is 0.555. The summed E-state index contributed by atoms with van der Waals surface area (Å²) in [5, 5.41) is 0.499. The molecule has 1 unspecified atom stereocenters. The molecule has 1 heterocycles. The standard InChI is InChI=1S/C15H21ClN2OS/c1-3-17(4-2)11-7-8-18(10-11)15(19)13-9-12(20)5-6-14(13)16/h5-6,9,11,20H,3-4,7-8,10H2,1-2H3. The van der Waals surface area contributed by atoms with E-state index in [1.165, 1.54) is 0 Å². The van der Waals surface area contributed by atoms with E-state index in [-0.39, 0.29) is 5.91 Å². The molecule has 1 aromatic rings. The van der Waals surface area contributed by atoms with Crippen LogP contribution < -0.4 is 0 Å². The number of thiol groups is 1. The van der Waals surface area contributed by atoms with E-state index in [9.17, 15) is 4.79 Å². The van der Waals surface area contributed by atoms with Crippen LogP contribution in [0, 0.1) is 0 Å². The van der Waals surface area contributed by atoms with Gasteiger partial charge in [0.05, 0.1) is 10.6 Å². The van der Waals surface area contributed by atoms with Gasteiger partial charge in [-0.1, -0.05) is 25.4 Å². The Labute approximate surface area is 131 Å². The van der Waals surface area contributed by atoms with Crippen LogP contribution in [0.25, 0.3) is 0 Å². The molecule has 1 fully saturated rings. The minimum absolute atomic E-state index is 0.0144. The molecule has 0 bridgehead atoms. The highest BCUT2D eigenvalue weighted by Gasteiger charge is 2.30. The highest BCUT2D eigenvalue weighted by atomic mass is 35.5. The number of hydrogen-bond donors (Lipinski definition) is 1. The molecule has 1 aliphatic heterocycles. The molecular formula is C15H21ClN2OS. The Morgan fingerprint density at radius 1 is 1.45 bits per heavy atom. The number of nitrogens with zero attached hydrogens (tertiary/aromatic N) is 2. The van der Waals surface area contributed by atoms with Crippen molar-refractivity contribution in [2.75, 3.05) is 26.2 Å². The zero-order valence-corrected chi connectivity index (χ0v) is 13.6. The zero-order chi connectivity index (χ0) is 14.7. The SMILES string of the molecule is CCN(CC)C1CCN(C(=O)c2cc(S)ccc2Cl)C1. The largest absolute Gasteiger partial charge is 0.337 e. The lowest BCUT2D eigenvalue weighted by molar-refractivity contribution is 0.0778. The topological polar surface area (TPSA) is 23.6 Å². The summed E-state index contributed by atoms with van der Waals surface area (Å²) < 4.78 is 0. The quantitative estimate of drug-likeness (QED) is 0.863. The van der Waals surface area contributed by atoms with Crippen LogP contribution in [0.5, 0.6) is 0 Å². The average molecular weight is 313 g/mol. The van der Waals surface area contributed by atoms with Crippen LogP contribution in [0.4, 0.5) is 0 Å². The normalized spacial score (nSPS) is 18.9. The van der Waals surface area contributed by atoms with Gasteiger partial charge < -0.3 is 4.90 Å². The van der Waals surface area contributed by atoms with Crippen LogP contribution in [-0.2, 0) is 0 Å². The van der Waals surface area contributed by atoms with Gasteiger partial charge in [-0.25, -0.2) is 0 Å². The van der Waals surface area contributed by atoms with Gasteiger partial charge in [-0.3, -0.25) is 9.69 Å². The van der Waals surface area contributed by atoms with Crippen LogP contribution in [0.1, 0.15) is 30.6 Å². The monoisotopic (exact) mass is 312 g/mol. The molecular weight excluding hydrogens is 292 g/mol. The lowest BCUT2D eigenvalue weighted by Crippen LogP contribution is -2.38. The van der Waals surface area contributed by atoms with Gasteiger partial charge in [-0.05, 0) is 37.7 Å². The molecule has 1 aromatic carbocycles. The Bertz CT molecular complexity index is 491. The van der Waals surface area contributed by atoms with Crippen LogP contribution in [0.15, 0.2) is 23.1 Å². The van der Waals surface area contributed by atoms with E-state index in [4.69, 9.17) is 11.6 Å². The van der Waals surface area contributed by atoms with Crippen molar-refractivity contribution in [3.05, 3.63) is 28.8 Å². The molecule has 0 radical (unpaired) electrons. The second-order valence-electron chi connectivity index (χ2n) is 5.08. The highest BCUT2D eigenvalue weighted by Crippen LogP contribution is 2.24. The number of carbonyl (C=O) groups excluding carboxylic acids is 1. The first kappa shape index (κ1) is 15.7. The molecule has 2 rings (SSSR count). The summed E-state index contributed by atoms with van der Waals surface area (Å²) in [4.78, 5) is 17.6. The van der Waals surface area contributed by atoms with Gasteiger partial charge in [0.15, 0.2) is 0 Å². The van der Waals surface area contributed by atoms with Crippen LogP contribution >= 0.6 is 24.2 Å². The summed E-state index contributed by atoms with van der Waals surface area (Å²) >= 11 is 10.4. The fourth-order valence-corrected chi connectivity index (χ4v) is 3.21. The Hall–Kier alpha value is -0.710. The van der Waals surface area contributed by atoms with Crippen molar-refractivity contribution in [1.29, 1.82) is 0 Å². The Kier molecular flexibility index (Phi) is 5.35. The molecule has 0 aromatic heterocycles. The average Bonchev–Trinajstić information content (AvgIpc) is 2.92. The van der Waals surface area contributed by atoms with Crippen LogP contribution in [0.2, 0.25) is 5.02 Å². The number of halogens is 1. The Morgan fingerprint density at radius 3 is 2.80 bits per heavy atom. The lowest BCUT2D eigenvalue weighted by atomic mass is 10.2. The maximum absolute atomic E-state index is 12.6. The number of likely N-dealkylation sites (N-methyl/N-ethyl adjacent to an activating group) is 1. The number of carbonyl (C=O) groups is 1. The van der Waals surface area contributed by atoms with Gasteiger partial charge in [-0.15, -0.1) is 12.6 Å². The lowest BCUT2D eigenvalue weighted by Gasteiger charge is -2.26. The number of likely N-dealkylation sites (tertiary alicyclic amines) is 1. The van der Waals surface area contributed by atoms with E-state index in [1.54, 1.807) is 18.2 Å². The maximum Gasteiger partial charge on any atom is 0.255 e. The van der Waals surface area contributed by atoms with E-state index < -0.39 is 0 Å². The van der Waals surface area contributed by atoms with Gasteiger partial charge in [0.1, 0.15) is 0 Å². The third kappa shape index (κ3) is 3.30. The van der Waals surface area contributed by atoms with Crippen LogP contribution in [-0.4, -0.2) is 47.9 Å². The van der Waals surface area contributed by atoms with Crippen molar-refractivity contribution in [1.82, 2.24) is 9.80 Å². The predicted molar refractivity (Wildman–Crippen MR) is 85.9 cm³/mol.